The van der Waals surface area contributed by atoms with Crippen LogP contribution in [0.5, 0.6) is 0 Å². The van der Waals surface area contributed by atoms with Crippen molar-refractivity contribution < 1.29 is 14.3 Å². The maximum absolute atomic E-state index is 11.8. The van der Waals surface area contributed by atoms with Crippen LogP contribution in [0, 0.1) is 0 Å². The molecule has 1 amide bonds. The third-order valence-electron chi connectivity index (χ3n) is 3.59. The number of para-hydroxylation sites is 2. The van der Waals surface area contributed by atoms with Crippen LogP contribution in [0.4, 0.5) is 0 Å². The fourth-order valence-corrected chi connectivity index (χ4v) is 2.38. The summed E-state index contributed by atoms with van der Waals surface area (Å²) < 4.78 is 6.71. The molecule has 0 saturated carbocycles. The normalized spacial score (nSPS) is 12.3. The van der Waals surface area contributed by atoms with E-state index >= 15 is 0 Å². The number of aromatic nitrogens is 2. The van der Waals surface area contributed by atoms with Gasteiger partial charge in [0.15, 0.2) is 5.78 Å². The van der Waals surface area contributed by atoms with E-state index in [1.54, 1.807) is 6.92 Å². The Kier molecular flexibility index (Phi) is 5.27. The number of carbonyl (C=O) groups excluding carboxylic acids is 2. The molecule has 0 radical (unpaired) electrons. The number of fused-ring (bicyclic) bond motifs is 1. The van der Waals surface area contributed by atoms with Gasteiger partial charge in [-0.05, 0) is 26.0 Å². The lowest BCUT2D eigenvalue weighted by Crippen LogP contribution is -2.30. The van der Waals surface area contributed by atoms with Gasteiger partial charge in [0.25, 0.3) is 0 Å². The molecule has 0 aliphatic carbocycles. The second-order valence-corrected chi connectivity index (χ2v) is 5.21. The van der Waals surface area contributed by atoms with E-state index in [0.717, 1.165) is 16.9 Å². The van der Waals surface area contributed by atoms with Crippen LogP contribution in [0.15, 0.2) is 24.3 Å². The van der Waals surface area contributed by atoms with Crippen LogP contribution >= 0.6 is 0 Å². The number of amides is 1. The number of ketones is 1. The molecular formula is C16H21N3O3. The minimum Gasteiger partial charge on any atom is -0.375 e. The molecule has 0 fully saturated rings. The molecule has 0 saturated heterocycles. The van der Waals surface area contributed by atoms with Crippen LogP contribution in [-0.4, -0.2) is 41.5 Å². The highest BCUT2D eigenvalue weighted by molar-refractivity contribution is 5.84. The van der Waals surface area contributed by atoms with E-state index in [1.807, 2.05) is 35.8 Å². The summed E-state index contributed by atoms with van der Waals surface area (Å²) in [7, 11) is 1.48. The van der Waals surface area contributed by atoms with Gasteiger partial charge in [-0.25, -0.2) is 4.98 Å². The summed E-state index contributed by atoms with van der Waals surface area (Å²) in [6, 6.07) is 7.44. The fraction of sp³-hybridized carbons (Fsp3) is 0.438. The van der Waals surface area contributed by atoms with E-state index in [1.165, 1.54) is 7.11 Å². The van der Waals surface area contributed by atoms with E-state index in [9.17, 15) is 9.59 Å². The van der Waals surface area contributed by atoms with Crippen molar-refractivity contribution in [2.75, 3.05) is 20.3 Å². The first kappa shape index (κ1) is 16.2. The minimum absolute atomic E-state index is 0.0419. The number of rotatable bonds is 7. The highest BCUT2D eigenvalue weighted by Gasteiger charge is 2.18. The summed E-state index contributed by atoms with van der Waals surface area (Å²) in [5.41, 5.74) is 1.79. The summed E-state index contributed by atoms with van der Waals surface area (Å²) in [5, 5.41) is 2.77. The number of methoxy groups -OCH3 is 1. The van der Waals surface area contributed by atoms with Crippen molar-refractivity contribution in [3.63, 3.8) is 0 Å². The molecule has 1 aromatic carbocycles. The zero-order valence-corrected chi connectivity index (χ0v) is 13.1. The summed E-state index contributed by atoms with van der Waals surface area (Å²) in [4.78, 5) is 27.8. The van der Waals surface area contributed by atoms with Gasteiger partial charge in [0, 0.05) is 20.1 Å². The van der Waals surface area contributed by atoms with Gasteiger partial charge in [-0.3, -0.25) is 9.59 Å². The third kappa shape index (κ3) is 3.51. The molecule has 1 atom stereocenters. The predicted molar refractivity (Wildman–Crippen MR) is 83.7 cm³/mol. The number of benzene rings is 1. The number of carbonyl (C=O) groups is 2. The van der Waals surface area contributed by atoms with E-state index in [2.05, 4.69) is 10.3 Å². The van der Waals surface area contributed by atoms with Crippen molar-refractivity contribution in [2.24, 2.45) is 0 Å². The highest BCUT2D eigenvalue weighted by atomic mass is 16.5. The molecule has 0 spiro atoms. The lowest BCUT2D eigenvalue weighted by atomic mass is 10.2. The number of ether oxygens (including phenoxy) is 1. The maximum Gasteiger partial charge on any atom is 0.245 e. The topological polar surface area (TPSA) is 73.2 Å². The van der Waals surface area contributed by atoms with Crippen LogP contribution in [0.2, 0.25) is 0 Å². The molecule has 0 aliphatic heterocycles. The molecule has 0 bridgehead atoms. The van der Waals surface area contributed by atoms with E-state index < -0.39 is 0 Å². The SMILES string of the molecule is COCC(=O)NCCc1nc2ccccc2n1C(C)C(C)=O. The monoisotopic (exact) mass is 303 g/mol. The Morgan fingerprint density at radius 2 is 2.09 bits per heavy atom. The summed E-state index contributed by atoms with van der Waals surface area (Å²) in [5.74, 6) is 0.708. The Hall–Kier alpha value is -2.21. The number of nitrogens with zero attached hydrogens (tertiary/aromatic N) is 2. The predicted octanol–water partition coefficient (Wildman–Crippen LogP) is 1.49. The first-order valence-corrected chi connectivity index (χ1v) is 7.26. The summed E-state index contributed by atoms with van der Waals surface area (Å²) >= 11 is 0. The van der Waals surface area contributed by atoms with Crippen LogP contribution in [0.1, 0.15) is 25.7 Å². The van der Waals surface area contributed by atoms with Gasteiger partial charge in [0.2, 0.25) is 5.91 Å². The second kappa shape index (κ2) is 7.17. The van der Waals surface area contributed by atoms with E-state index in [0.29, 0.717) is 13.0 Å². The standard InChI is InChI=1S/C16H21N3O3/c1-11(12(2)20)19-14-7-5-4-6-13(14)18-15(19)8-9-17-16(21)10-22-3/h4-7,11H,8-10H2,1-3H3,(H,17,21). The molecule has 1 unspecified atom stereocenters. The molecule has 2 aromatic rings. The number of hydrogen-bond donors (Lipinski definition) is 1. The van der Waals surface area contributed by atoms with E-state index in [4.69, 9.17) is 4.74 Å². The fourth-order valence-electron chi connectivity index (χ4n) is 2.38. The molecule has 2 rings (SSSR count). The van der Waals surface area contributed by atoms with Gasteiger partial charge in [-0.1, -0.05) is 12.1 Å². The number of hydrogen-bond acceptors (Lipinski definition) is 4. The average molecular weight is 303 g/mol. The minimum atomic E-state index is -0.280. The van der Waals surface area contributed by atoms with Crippen molar-refractivity contribution in [1.82, 2.24) is 14.9 Å². The van der Waals surface area contributed by atoms with Gasteiger partial charge in [0.1, 0.15) is 12.4 Å². The van der Waals surface area contributed by atoms with E-state index in [-0.39, 0.29) is 24.3 Å². The molecule has 1 heterocycles. The van der Waals surface area contributed by atoms with Gasteiger partial charge in [-0.2, -0.15) is 0 Å². The molecule has 0 aliphatic rings. The highest BCUT2D eigenvalue weighted by Crippen LogP contribution is 2.21. The first-order chi connectivity index (χ1) is 10.5. The molecule has 118 valence electrons. The summed E-state index contributed by atoms with van der Waals surface area (Å²) in [6.45, 7) is 3.93. The number of imidazole rings is 1. The molecule has 22 heavy (non-hydrogen) atoms. The lowest BCUT2D eigenvalue weighted by molar-refractivity contribution is -0.124. The second-order valence-electron chi connectivity index (χ2n) is 5.21. The van der Waals surface area contributed by atoms with Crippen molar-refractivity contribution in [3.05, 3.63) is 30.1 Å². The van der Waals surface area contributed by atoms with Crippen molar-refractivity contribution in [1.29, 1.82) is 0 Å². The molecular weight excluding hydrogens is 282 g/mol. The Bertz CT molecular complexity index is 678. The smallest absolute Gasteiger partial charge is 0.245 e. The zero-order chi connectivity index (χ0) is 16.1. The molecule has 6 nitrogen and oxygen atoms in total. The Labute approximate surface area is 129 Å². The number of nitrogens with one attached hydrogen (secondary N) is 1. The van der Waals surface area contributed by atoms with Gasteiger partial charge >= 0.3 is 0 Å². The summed E-state index contributed by atoms with van der Waals surface area (Å²) in [6.07, 6.45) is 0.557. The maximum atomic E-state index is 11.8. The van der Waals surface area contributed by atoms with Crippen molar-refractivity contribution in [3.8, 4) is 0 Å². The Morgan fingerprint density at radius 1 is 1.36 bits per heavy atom. The lowest BCUT2D eigenvalue weighted by Gasteiger charge is -2.15. The first-order valence-electron chi connectivity index (χ1n) is 7.26. The average Bonchev–Trinajstić information content (AvgIpc) is 2.84. The van der Waals surface area contributed by atoms with Gasteiger partial charge in [0.05, 0.1) is 17.1 Å². The molecule has 6 heteroatoms. The number of Topliss-reactive ketones (excluding diaryl/α,β-unsaturated/α-hetero) is 1. The Morgan fingerprint density at radius 3 is 2.77 bits per heavy atom. The van der Waals surface area contributed by atoms with Gasteiger partial charge in [-0.15, -0.1) is 0 Å². The largest absolute Gasteiger partial charge is 0.375 e. The quantitative estimate of drug-likeness (QED) is 0.841. The van der Waals surface area contributed by atoms with Gasteiger partial charge < -0.3 is 14.6 Å². The van der Waals surface area contributed by atoms with Crippen molar-refractivity contribution in [2.45, 2.75) is 26.3 Å². The molecule has 1 aromatic heterocycles. The Balaban J connectivity index is 2.23. The molecule has 1 N–H and O–H groups in total. The third-order valence-corrected chi connectivity index (χ3v) is 3.59. The van der Waals surface area contributed by atoms with Crippen LogP contribution in [-0.2, 0) is 20.7 Å². The zero-order valence-electron chi connectivity index (χ0n) is 13.1. The van der Waals surface area contributed by atoms with Crippen LogP contribution in [0.3, 0.4) is 0 Å². The van der Waals surface area contributed by atoms with Crippen LogP contribution < -0.4 is 5.32 Å². The van der Waals surface area contributed by atoms with Crippen LogP contribution in [0.25, 0.3) is 11.0 Å². The van der Waals surface area contributed by atoms with Crippen molar-refractivity contribution >= 4 is 22.7 Å².